The molecule has 5 heteroatoms. The molecule has 3 nitrogen and oxygen atoms in total. The molecule has 0 atom stereocenters. The number of carbonyl (C=O) groups excluding carboxylic acids is 1. The molecule has 0 aliphatic carbocycles. The lowest BCUT2D eigenvalue weighted by Gasteiger charge is -2.07. The van der Waals surface area contributed by atoms with E-state index in [0.717, 1.165) is 26.4 Å². The van der Waals surface area contributed by atoms with Crippen LogP contribution < -0.4 is 5.32 Å². The van der Waals surface area contributed by atoms with Crippen LogP contribution in [0.5, 0.6) is 0 Å². The second-order valence-corrected chi connectivity index (χ2v) is 6.68. The highest BCUT2D eigenvalue weighted by Crippen LogP contribution is 2.27. The summed E-state index contributed by atoms with van der Waals surface area (Å²) in [6.07, 6.45) is 0.950. The number of hydrogen-bond donors (Lipinski definition) is 1. The molecule has 112 valence electrons. The fourth-order valence-electron chi connectivity index (χ4n) is 2.19. The number of nitrogens with one attached hydrogen (secondary N) is 1. The zero-order valence-electron chi connectivity index (χ0n) is 11.8. The predicted octanol–water partition coefficient (Wildman–Crippen LogP) is 5.77. The summed E-state index contributed by atoms with van der Waals surface area (Å²) in [4.78, 5) is 12.3. The van der Waals surface area contributed by atoms with Gasteiger partial charge in [0, 0.05) is 14.3 Å². The summed E-state index contributed by atoms with van der Waals surface area (Å²) in [6.45, 7) is 2.09. The maximum absolute atomic E-state index is 12.3. The van der Waals surface area contributed by atoms with Gasteiger partial charge in [0.2, 0.25) is 0 Å². The number of carbonyl (C=O) groups is 1. The van der Waals surface area contributed by atoms with Crippen LogP contribution in [-0.4, -0.2) is 5.91 Å². The first-order valence-corrected chi connectivity index (χ1v) is 8.44. The number of halogens is 2. The van der Waals surface area contributed by atoms with E-state index in [2.05, 4.69) is 44.1 Å². The minimum absolute atomic E-state index is 0.266. The van der Waals surface area contributed by atoms with Gasteiger partial charge >= 0.3 is 0 Å². The van der Waals surface area contributed by atoms with Crippen molar-refractivity contribution in [3.63, 3.8) is 0 Å². The number of benzene rings is 2. The maximum atomic E-state index is 12.3. The van der Waals surface area contributed by atoms with Gasteiger partial charge in [0.1, 0.15) is 5.58 Å². The van der Waals surface area contributed by atoms with Crippen LogP contribution in [0.3, 0.4) is 0 Å². The van der Waals surface area contributed by atoms with Crippen LogP contribution in [0.1, 0.15) is 23.0 Å². The quantitative estimate of drug-likeness (QED) is 0.581. The van der Waals surface area contributed by atoms with E-state index in [4.69, 9.17) is 4.42 Å². The lowest BCUT2D eigenvalue weighted by molar-refractivity contribution is 0.0998. The largest absolute Gasteiger partial charge is 0.451 e. The molecule has 0 saturated heterocycles. The Morgan fingerprint density at radius 1 is 1.14 bits per heavy atom. The van der Waals surface area contributed by atoms with Crippen molar-refractivity contribution >= 4 is 54.4 Å². The predicted molar refractivity (Wildman–Crippen MR) is 95.4 cm³/mol. The highest BCUT2D eigenvalue weighted by molar-refractivity contribution is 9.10. The minimum Gasteiger partial charge on any atom is -0.451 e. The third kappa shape index (κ3) is 3.10. The number of aryl methyl sites for hydroxylation is 1. The van der Waals surface area contributed by atoms with Gasteiger partial charge < -0.3 is 9.73 Å². The fourth-order valence-corrected chi connectivity index (χ4v) is 3.09. The number of fused-ring (bicyclic) bond motifs is 1. The number of amides is 1. The molecule has 0 aliphatic rings. The van der Waals surface area contributed by atoms with Crippen molar-refractivity contribution in [2.45, 2.75) is 13.3 Å². The van der Waals surface area contributed by atoms with Crippen molar-refractivity contribution in [2.75, 3.05) is 5.32 Å². The first-order valence-electron chi connectivity index (χ1n) is 6.85. The summed E-state index contributed by atoms with van der Waals surface area (Å²) in [7, 11) is 0. The molecule has 0 spiro atoms. The van der Waals surface area contributed by atoms with Crippen molar-refractivity contribution in [1.29, 1.82) is 0 Å². The molecule has 1 aromatic heterocycles. The van der Waals surface area contributed by atoms with Crippen LogP contribution in [0.2, 0.25) is 0 Å². The Kier molecular flexibility index (Phi) is 4.36. The van der Waals surface area contributed by atoms with Crippen LogP contribution in [0.25, 0.3) is 11.0 Å². The van der Waals surface area contributed by atoms with Crippen molar-refractivity contribution in [2.24, 2.45) is 0 Å². The van der Waals surface area contributed by atoms with Gasteiger partial charge in [-0.2, -0.15) is 0 Å². The van der Waals surface area contributed by atoms with Crippen molar-refractivity contribution in [3.8, 4) is 0 Å². The Labute approximate surface area is 145 Å². The van der Waals surface area contributed by atoms with E-state index in [0.29, 0.717) is 11.3 Å². The van der Waals surface area contributed by atoms with Crippen LogP contribution in [-0.2, 0) is 6.42 Å². The Bertz CT molecular complexity index is 855. The van der Waals surface area contributed by atoms with Gasteiger partial charge in [0.05, 0.1) is 5.69 Å². The first kappa shape index (κ1) is 15.3. The van der Waals surface area contributed by atoms with Crippen LogP contribution in [0, 0.1) is 0 Å². The lowest BCUT2D eigenvalue weighted by Crippen LogP contribution is -2.11. The molecular formula is C17H13Br2NO2. The molecule has 0 aliphatic heterocycles. The topological polar surface area (TPSA) is 42.2 Å². The molecule has 0 fully saturated rings. The van der Waals surface area contributed by atoms with E-state index >= 15 is 0 Å². The monoisotopic (exact) mass is 421 g/mol. The van der Waals surface area contributed by atoms with E-state index in [1.54, 1.807) is 6.07 Å². The molecule has 2 aromatic carbocycles. The third-order valence-corrected chi connectivity index (χ3v) is 4.54. The average Bonchev–Trinajstić information content (AvgIpc) is 2.92. The molecule has 0 radical (unpaired) electrons. The highest BCUT2D eigenvalue weighted by atomic mass is 79.9. The summed E-state index contributed by atoms with van der Waals surface area (Å²) in [5.74, 6) is 0.0249. The van der Waals surface area contributed by atoms with Crippen LogP contribution >= 0.6 is 31.9 Å². The Morgan fingerprint density at radius 3 is 2.68 bits per heavy atom. The number of rotatable bonds is 3. The molecule has 3 rings (SSSR count). The van der Waals surface area contributed by atoms with Crippen molar-refractivity contribution < 1.29 is 9.21 Å². The van der Waals surface area contributed by atoms with Gasteiger partial charge in [-0.15, -0.1) is 0 Å². The summed E-state index contributed by atoms with van der Waals surface area (Å²) < 4.78 is 7.40. The van der Waals surface area contributed by atoms with Crippen molar-refractivity contribution in [1.82, 2.24) is 0 Å². The van der Waals surface area contributed by atoms with Crippen LogP contribution in [0.15, 0.2) is 55.8 Å². The molecule has 0 unspecified atom stereocenters. The van der Waals surface area contributed by atoms with Gasteiger partial charge in [0.15, 0.2) is 5.76 Å². The third-order valence-electron chi connectivity index (χ3n) is 3.39. The van der Waals surface area contributed by atoms with E-state index < -0.39 is 0 Å². The summed E-state index contributed by atoms with van der Waals surface area (Å²) in [6, 6.07) is 13.3. The molecule has 1 heterocycles. The standard InChI is InChI=1S/C17H13Br2NO2/c1-2-10-3-5-14(13(19)7-10)20-17(21)16-9-11-8-12(18)4-6-15(11)22-16/h3-9H,2H2,1H3,(H,20,21). The summed E-state index contributed by atoms with van der Waals surface area (Å²) >= 11 is 6.89. The maximum Gasteiger partial charge on any atom is 0.291 e. The Balaban J connectivity index is 1.86. The Hall–Kier alpha value is -1.59. The van der Waals surface area contributed by atoms with E-state index in [1.807, 2.05) is 36.4 Å². The summed E-state index contributed by atoms with van der Waals surface area (Å²) in [5, 5.41) is 3.75. The number of anilines is 1. The van der Waals surface area contributed by atoms with E-state index in [9.17, 15) is 4.79 Å². The number of furan rings is 1. The second kappa shape index (κ2) is 6.26. The lowest BCUT2D eigenvalue weighted by atomic mass is 10.1. The SMILES string of the molecule is CCc1ccc(NC(=O)c2cc3cc(Br)ccc3o2)c(Br)c1. The fraction of sp³-hybridized carbons (Fsp3) is 0.118. The zero-order valence-corrected chi connectivity index (χ0v) is 15.0. The van der Waals surface area contributed by atoms with E-state index in [-0.39, 0.29) is 5.91 Å². The zero-order chi connectivity index (χ0) is 15.7. The molecule has 22 heavy (non-hydrogen) atoms. The van der Waals surface area contributed by atoms with Gasteiger partial charge in [-0.05, 0) is 64.3 Å². The molecule has 3 aromatic rings. The smallest absolute Gasteiger partial charge is 0.291 e. The second-order valence-electron chi connectivity index (χ2n) is 4.91. The molecule has 1 N–H and O–H groups in total. The molecular weight excluding hydrogens is 410 g/mol. The van der Waals surface area contributed by atoms with Crippen LogP contribution in [0.4, 0.5) is 5.69 Å². The van der Waals surface area contributed by atoms with E-state index in [1.165, 1.54) is 5.56 Å². The summed E-state index contributed by atoms with van der Waals surface area (Å²) in [5.41, 5.74) is 2.62. The van der Waals surface area contributed by atoms with Gasteiger partial charge in [-0.1, -0.05) is 28.9 Å². The normalized spacial score (nSPS) is 10.9. The highest BCUT2D eigenvalue weighted by Gasteiger charge is 2.14. The Morgan fingerprint density at radius 2 is 1.95 bits per heavy atom. The molecule has 0 bridgehead atoms. The first-order chi connectivity index (χ1) is 10.6. The number of hydrogen-bond acceptors (Lipinski definition) is 2. The minimum atomic E-state index is -0.266. The van der Waals surface area contributed by atoms with Gasteiger partial charge in [-0.3, -0.25) is 4.79 Å². The van der Waals surface area contributed by atoms with Crippen molar-refractivity contribution in [3.05, 3.63) is 62.7 Å². The molecule has 1 amide bonds. The van der Waals surface area contributed by atoms with Gasteiger partial charge in [-0.25, -0.2) is 0 Å². The average molecular weight is 423 g/mol. The molecule has 0 saturated carbocycles. The van der Waals surface area contributed by atoms with Gasteiger partial charge in [0.25, 0.3) is 5.91 Å².